The van der Waals surface area contributed by atoms with Gasteiger partial charge in [0.2, 0.25) is 0 Å². The zero-order valence-electron chi connectivity index (χ0n) is 12.4. The Morgan fingerprint density at radius 2 is 2.11 bits per heavy atom. The minimum Gasteiger partial charge on any atom is -0.373 e. The lowest BCUT2D eigenvalue weighted by atomic mass is 9.85. The first kappa shape index (κ1) is 14.1. The van der Waals surface area contributed by atoms with Crippen molar-refractivity contribution >= 4 is 11.6 Å². The van der Waals surface area contributed by atoms with E-state index in [1.807, 2.05) is 7.05 Å². The molecule has 0 amide bonds. The van der Waals surface area contributed by atoms with Gasteiger partial charge in [0.15, 0.2) is 0 Å². The number of hydrogen-bond donors (Lipinski definition) is 1. The summed E-state index contributed by atoms with van der Waals surface area (Å²) >= 11 is 0. The smallest absolute Gasteiger partial charge is 0.134 e. The Balaban J connectivity index is 2.16. The second-order valence-electron chi connectivity index (χ2n) is 5.36. The van der Waals surface area contributed by atoms with Crippen molar-refractivity contribution in [3.05, 3.63) is 11.9 Å². The molecule has 19 heavy (non-hydrogen) atoms. The summed E-state index contributed by atoms with van der Waals surface area (Å²) in [4.78, 5) is 11.6. The lowest BCUT2D eigenvalue weighted by molar-refractivity contribution is 0.318. The second kappa shape index (κ2) is 6.73. The lowest BCUT2D eigenvalue weighted by Crippen LogP contribution is -2.33. The van der Waals surface area contributed by atoms with Crippen LogP contribution in [0, 0.1) is 5.92 Å². The van der Waals surface area contributed by atoms with E-state index in [0.717, 1.165) is 49.3 Å². The van der Waals surface area contributed by atoms with E-state index in [9.17, 15) is 0 Å². The first-order chi connectivity index (χ1) is 9.26. The van der Waals surface area contributed by atoms with Crippen LogP contribution in [-0.4, -0.2) is 30.1 Å². The maximum atomic E-state index is 4.73. The zero-order valence-corrected chi connectivity index (χ0v) is 12.4. The molecule has 1 aromatic rings. The Bertz CT molecular complexity index is 401. The number of aromatic nitrogens is 2. The molecule has 4 nitrogen and oxygen atoms in total. The fraction of sp³-hybridized carbons (Fsp3) is 0.733. The zero-order chi connectivity index (χ0) is 13.7. The molecular weight excluding hydrogens is 236 g/mol. The summed E-state index contributed by atoms with van der Waals surface area (Å²) in [5, 5.41) is 3.15. The Kier molecular flexibility index (Phi) is 5.00. The van der Waals surface area contributed by atoms with Crippen molar-refractivity contribution in [1.29, 1.82) is 0 Å². The molecule has 2 rings (SSSR count). The highest BCUT2D eigenvalue weighted by molar-refractivity contribution is 5.49. The van der Waals surface area contributed by atoms with Crippen molar-refractivity contribution < 1.29 is 0 Å². The quantitative estimate of drug-likeness (QED) is 0.820. The van der Waals surface area contributed by atoms with E-state index >= 15 is 0 Å². The van der Waals surface area contributed by atoms with Crippen LogP contribution in [0.4, 0.5) is 11.6 Å². The van der Waals surface area contributed by atoms with E-state index in [2.05, 4.69) is 35.1 Å². The molecule has 1 aliphatic rings. The van der Waals surface area contributed by atoms with Gasteiger partial charge in [0.1, 0.15) is 17.5 Å². The number of nitrogens with one attached hydrogen (secondary N) is 1. The summed E-state index contributed by atoms with van der Waals surface area (Å²) in [7, 11) is 1.92. The van der Waals surface area contributed by atoms with Crippen LogP contribution in [-0.2, 0) is 6.42 Å². The summed E-state index contributed by atoms with van der Waals surface area (Å²) in [6, 6.07) is 2.07. The highest BCUT2D eigenvalue weighted by Gasteiger charge is 2.21. The average Bonchev–Trinajstić information content (AvgIpc) is 2.37. The predicted molar refractivity (Wildman–Crippen MR) is 80.8 cm³/mol. The van der Waals surface area contributed by atoms with E-state index in [1.54, 1.807) is 0 Å². The summed E-state index contributed by atoms with van der Waals surface area (Å²) < 4.78 is 0. The molecule has 0 unspecified atom stereocenters. The molecule has 1 heterocycles. The average molecular weight is 262 g/mol. The van der Waals surface area contributed by atoms with Gasteiger partial charge in [0, 0.05) is 32.6 Å². The van der Waals surface area contributed by atoms with E-state index in [4.69, 9.17) is 4.98 Å². The topological polar surface area (TPSA) is 41.1 Å². The Morgan fingerprint density at radius 3 is 2.63 bits per heavy atom. The largest absolute Gasteiger partial charge is 0.373 e. The molecule has 0 aliphatic heterocycles. The van der Waals surface area contributed by atoms with Crippen molar-refractivity contribution in [1.82, 2.24) is 9.97 Å². The van der Waals surface area contributed by atoms with Gasteiger partial charge in [-0.25, -0.2) is 9.97 Å². The van der Waals surface area contributed by atoms with Crippen molar-refractivity contribution in [3.8, 4) is 0 Å². The first-order valence-electron chi connectivity index (χ1n) is 7.57. The molecule has 1 fully saturated rings. The SMILES string of the molecule is CCCc1nc(NC)cc(N(CC)CC2CCC2)n1. The maximum Gasteiger partial charge on any atom is 0.134 e. The van der Waals surface area contributed by atoms with Gasteiger partial charge in [-0.15, -0.1) is 0 Å². The van der Waals surface area contributed by atoms with Crippen LogP contribution in [0.2, 0.25) is 0 Å². The summed E-state index contributed by atoms with van der Waals surface area (Å²) in [6.45, 7) is 6.53. The lowest BCUT2D eigenvalue weighted by Gasteiger charge is -2.32. The van der Waals surface area contributed by atoms with Crippen molar-refractivity contribution in [2.45, 2.75) is 46.0 Å². The minimum atomic E-state index is 0.863. The Labute approximate surface area is 116 Å². The molecular formula is C15H26N4. The molecule has 1 N–H and O–H groups in total. The molecule has 0 aromatic carbocycles. The van der Waals surface area contributed by atoms with Crippen molar-refractivity contribution in [3.63, 3.8) is 0 Å². The van der Waals surface area contributed by atoms with Gasteiger partial charge in [-0.2, -0.15) is 0 Å². The van der Waals surface area contributed by atoms with Crippen LogP contribution in [0.25, 0.3) is 0 Å². The molecule has 0 bridgehead atoms. The molecule has 1 aromatic heterocycles. The van der Waals surface area contributed by atoms with Crippen molar-refractivity contribution in [2.75, 3.05) is 30.4 Å². The van der Waals surface area contributed by atoms with Gasteiger partial charge in [0.05, 0.1) is 0 Å². The van der Waals surface area contributed by atoms with Crippen LogP contribution in [0.3, 0.4) is 0 Å². The van der Waals surface area contributed by atoms with Gasteiger partial charge in [-0.3, -0.25) is 0 Å². The standard InChI is InChI=1S/C15H26N4/c1-4-7-13-17-14(16-3)10-15(18-13)19(5-2)11-12-8-6-9-12/h10,12H,4-9,11H2,1-3H3,(H,16,17,18). The van der Waals surface area contributed by atoms with Crippen LogP contribution in [0.1, 0.15) is 45.4 Å². The predicted octanol–water partition coefficient (Wildman–Crippen LogP) is 3.10. The summed E-state index contributed by atoms with van der Waals surface area (Å²) in [5.74, 6) is 3.83. The number of aryl methyl sites for hydroxylation is 1. The molecule has 0 spiro atoms. The van der Waals surface area contributed by atoms with Crippen molar-refractivity contribution in [2.24, 2.45) is 5.92 Å². The van der Waals surface area contributed by atoms with E-state index in [1.165, 1.54) is 19.3 Å². The maximum absolute atomic E-state index is 4.73. The Morgan fingerprint density at radius 1 is 1.32 bits per heavy atom. The van der Waals surface area contributed by atoms with Crippen LogP contribution < -0.4 is 10.2 Å². The normalized spacial score (nSPS) is 15.1. The molecule has 0 atom stereocenters. The summed E-state index contributed by atoms with van der Waals surface area (Å²) in [6.07, 6.45) is 6.18. The third-order valence-electron chi connectivity index (χ3n) is 3.90. The first-order valence-corrected chi connectivity index (χ1v) is 7.57. The van der Waals surface area contributed by atoms with Gasteiger partial charge in [0.25, 0.3) is 0 Å². The molecule has 0 saturated heterocycles. The van der Waals surface area contributed by atoms with Gasteiger partial charge >= 0.3 is 0 Å². The molecule has 1 aliphatic carbocycles. The van der Waals surface area contributed by atoms with Gasteiger partial charge in [-0.1, -0.05) is 13.3 Å². The fourth-order valence-electron chi connectivity index (χ4n) is 2.48. The van der Waals surface area contributed by atoms with E-state index in [0.29, 0.717) is 0 Å². The molecule has 4 heteroatoms. The summed E-state index contributed by atoms with van der Waals surface area (Å²) in [5.41, 5.74) is 0. The highest BCUT2D eigenvalue weighted by atomic mass is 15.2. The monoisotopic (exact) mass is 262 g/mol. The van der Waals surface area contributed by atoms with E-state index < -0.39 is 0 Å². The molecule has 106 valence electrons. The number of nitrogens with zero attached hydrogens (tertiary/aromatic N) is 3. The Hall–Kier alpha value is -1.32. The van der Waals surface area contributed by atoms with Crippen LogP contribution in [0.15, 0.2) is 6.07 Å². The van der Waals surface area contributed by atoms with Gasteiger partial charge < -0.3 is 10.2 Å². The van der Waals surface area contributed by atoms with Crippen LogP contribution in [0.5, 0.6) is 0 Å². The second-order valence-corrected chi connectivity index (χ2v) is 5.36. The molecule has 1 saturated carbocycles. The highest BCUT2D eigenvalue weighted by Crippen LogP contribution is 2.28. The minimum absolute atomic E-state index is 0.863. The number of hydrogen-bond acceptors (Lipinski definition) is 4. The number of anilines is 2. The third kappa shape index (κ3) is 3.58. The fourth-order valence-corrected chi connectivity index (χ4v) is 2.48. The van der Waals surface area contributed by atoms with Gasteiger partial charge in [-0.05, 0) is 32.1 Å². The van der Waals surface area contributed by atoms with E-state index in [-0.39, 0.29) is 0 Å². The molecule has 0 radical (unpaired) electrons. The number of rotatable bonds is 7. The van der Waals surface area contributed by atoms with Crippen LogP contribution >= 0.6 is 0 Å². The third-order valence-corrected chi connectivity index (χ3v) is 3.90.